The molecule has 0 spiro atoms. The molecule has 1 nitrogen and oxygen atoms in total. The molecule has 0 saturated carbocycles. The van der Waals surface area contributed by atoms with Crippen LogP contribution in [0.2, 0.25) is 0 Å². The molecule has 1 aromatic heterocycles. The van der Waals surface area contributed by atoms with E-state index in [1.165, 1.54) is 23.5 Å². The largest absolute Gasteiger partial charge is 0.383 e. The highest BCUT2D eigenvalue weighted by Crippen LogP contribution is 2.37. The summed E-state index contributed by atoms with van der Waals surface area (Å²) in [5, 5.41) is 10.2. The van der Waals surface area contributed by atoms with Gasteiger partial charge < -0.3 is 5.11 Å². The minimum absolute atomic E-state index is 0.294. The molecule has 18 heavy (non-hydrogen) atoms. The van der Waals surface area contributed by atoms with Crippen molar-refractivity contribution in [2.45, 2.75) is 20.0 Å². The summed E-state index contributed by atoms with van der Waals surface area (Å²) in [6.07, 6.45) is -1.29. The Labute approximate surface area is 116 Å². The molecule has 0 aliphatic heterocycles. The quantitative estimate of drug-likeness (QED) is 0.859. The van der Waals surface area contributed by atoms with Crippen molar-refractivity contribution in [2.75, 3.05) is 0 Å². The standard InChI is InChI=1S/C13H11BrF2OS/c1-6-3-4-9(15)10(11(6)16)12(17)13-8(14)5-7(2)18-13/h3-5,12,17H,1-2H3. The number of halogens is 3. The molecular weight excluding hydrogens is 322 g/mol. The van der Waals surface area contributed by atoms with Crippen molar-refractivity contribution in [2.24, 2.45) is 0 Å². The van der Waals surface area contributed by atoms with Crippen LogP contribution in [0.25, 0.3) is 0 Å². The monoisotopic (exact) mass is 332 g/mol. The van der Waals surface area contributed by atoms with E-state index in [9.17, 15) is 13.9 Å². The number of benzene rings is 1. The summed E-state index contributed by atoms with van der Waals surface area (Å²) >= 11 is 4.60. The summed E-state index contributed by atoms with van der Waals surface area (Å²) in [6, 6.07) is 4.34. The Balaban J connectivity index is 2.56. The second-order valence-electron chi connectivity index (χ2n) is 4.06. The van der Waals surface area contributed by atoms with Gasteiger partial charge in [-0.15, -0.1) is 11.3 Å². The minimum atomic E-state index is -1.29. The molecule has 1 atom stereocenters. The third kappa shape index (κ3) is 2.35. The number of hydrogen-bond donors (Lipinski definition) is 1. The average Bonchev–Trinajstić information content (AvgIpc) is 2.63. The summed E-state index contributed by atoms with van der Waals surface area (Å²) in [7, 11) is 0. The van der Waals surface area contributed by atoms with Crippen molar-refractivity contribution < 1.29 is 13.9 Å². The van der Waals surface area contributed by atoms with E-state index in [-0.39, 0.29) is 5.56 Å². The molecular formula is C13H11BrF2OS. The first-order chi connectivity index (χ1) is 8.41. The zero-order chi connectivity index (χ0) is 13.4. The highest BCUT2D eigenvalue weighted by molar-refractivity contribution is 9.10. The van der Waals surface area contributed by atoms with Gasteiger partial charge in [0.1, 0.15) is 17.7 Å². The molecule has 1 heterocycles. The van der Waals surface area contributed by atoms with Crippen molar-refractivity contribution in [1.82, 2.24) is 0 Å². The van der Waals surface area contributed by atoms with Gasteiger partial charge in [-0.2, -0.15) is 0 Å². The van der Waals surface area contributed by atoms with Crippen LogP contribution in [0, 0.1) is 25.5 Å². The Hall–Kier alpha value is -0.780. The normalized spacial score (nSPS) is 12.8. The molecule has 96 valence electrons. The summed E-state index contributed by atoms with van der Waals surface area (Å²) < 4.78 is 28.3. The third-order valence-corrected chi connectivity index (χ3v) is 4.70. The topological polar surface area (TPSA) is 20.2 Å². The second-order valence-corrected chi connectivity index (χ2v) is 6.21. The molecule has 2 rings (SSSR count). The third-order valence-electron chi connectivity index (χ3n) is 2.68. The fourth-order valence-electron chi connectivity index (χ4n) is 1.75. The lowest BCUT2D eigenvalue weighted by Crippen LogP contribution is -2.06. The van der Waals surface area contributed by atoms with Crippen molar-refractivity contribution >= 4 is 27.3 Å². The molecule has 5 heteroatoms. The van der Waals surface area contributed by atoms with Crippen LogP contribution in [-0.4, -0.2) is 5.11 Å². The number of aryl methyl sites for hydroxylation is 2. The van der Waals surface area contributed by atoms with Crippen LogP contribution in [0.3, 0.4) is 0 Å². The maximum absolute atomic E-state index is 13.9. The molecule has 1 unspecified atom stereocenters. The van der Waals surface area contributed by atoms with Crippen molar-refractivity contribution in [3.63, 3.8) is 0 Å². The fraction of sp³-hybridized carbons (Fsp3) is 0.231. The first-order valence-corrected chi connectivity index (χ1v) is 6.91. The Morgan fingerprint density at radius 2 is 1.94 bits per heavy atom. The highest BCUT2D eigenvalue weighted by atomic mass is 79.9. The number of rotatable bonds is 2. The molecule has 0 aliphatic rings. The lowest BCUT2D eigenvalue weighted by Gasteiger charge is -2.13. The maximum Gasteiger partial charge on any atom is 0.135 e. The molecule has 0 fully saturated rings. The maximum atomic E-state index is 13.9. The first-order valence-electron chi connectivity index (χ1n) is 5.30. The Morgan fingerprint density at radius 1 is 1.28 bits per heavy atom. The van der Waals surface area contributed by atoms with E-state index >= 15 is 0 Å². The SMILES string of the molecule is Cc1cc(Br)c(C(O)c2c(F)ccc(C)c2F)s1. The second kappa shape index (κ2) is 5.07. The molecule has 0 saturated heterocycles. The fourth-order valence-corrected chi connectivity index (χ4v) is 3.61. The minimum Gasteiger partial charge on any atom is -0.383 e. The Bertz CT molecular complexity index is 595. The van der Waals surface area contributed by atoms with Gasteiger partial charge in [-0.25, -0.2) is 8.78 Å². The summed E-state index contributed by atoms with van der Waals surface area (Å²) in [5.41, 5.74) is 0.0207. The Kier molecular flexibility index (Phi) is 3.84. The molecule has 0 amide bonds. The first kappa shape index (κ1) is 13.6. The van der Waals surface area contributed by atoms with Gasteiger partial charge in [0.15, 0.2) is 0 Å². The molecule has 0 aliphatic carbocycles. The predicted molar refractivity (Wildman–Crippen MR) is 71.9 cm³/mol. The number of aliphatic hydroxyl groups is 1. The van der Waals surface area contributed by atoms with Gasteiger partial charge in [0.25, 0.3) is 0 Å². The van der Waals surface area contributed by atoms with Crippen LogP contribution in [0.15, 0.2) is 22.7 Å². The zero-order valence-electron chi connectivity index (χ0n) is 9.80. The summed E-state index contributed by atoms with van der Waals surface area (Å²) in [6.45, 7) is 3.41. The van der Waals surface area contributed by atoms with E-state index in [1.807, 2.05) is 13.0 Å². The van der Waals surface area contributed by atoms with Crippen LogP contribution in [0.5, 0.6) is 0 Å². The van der Waals surface area contributed by atoms with E-state index in [0.29, 0.717) is 14.9 Å². The van der Waals surface area contributed by atoms with Crippen molar-refractivity contribution in [3.8, 4) is 0 Å². The molecule has 2 aromatic rings. The van der Waals surface area contributed by atoms with Gasteiger partial charge in [-0.3, -0.25) is 0 Å². The van der Waals surface area contributed by atoms with Gasteiger partial charge in [0.05, 0.1) is 10.4 Å². The number of aliphatic hydroxyl groups excluding tert-OH is 1. The smallest absolute Gasteiger partial charge is 0.135 e. The van der Waals surface area contributed by atoms with Crippen molar-refractivity contribution in [3.05, 3.63) is 55.2 Å². The van der Waals surface area contributed by atoms with Crippen LogP contribution >= 0.6 is 27.3 Å². The Morgan fingerprint density at radius 3 is 2.50 bits per heavy atom. The lowest BCUT2D eigenvalue weighted by molar-refractivity contribution is 0.212. The van der Waals surface area contributed by atoms with Gasteiger partial charge in [-0.1, -0.05) is 6.07 Å². The van der Waals surface area contributed by atoms with Gasteiger partial charge >= 0.3 is 0 Å². The summed E-state index contributed by atoms with van der Waals surface area (Å²) in [5.74, 6) is -1.43. The number of hydrogen-bond acceptors (Lipinski definition) is 2. The van der Waals surface area contributed by atoms with Gasteiger partial charge in [-0.05, 0) is 47.5 Å². The van der Waals surface area contributed by atoms with Crippen molar-refractivity contribution in [1.29, 1.82) is 0 Å². The summed E-state index contributed by atoms with van der Waals surface area (Å²) in [4.78, 5) is 1.47. The van der Waals surface area contributed by atoms with E-state index in [1.54, 1.807) is 6.92 Å². The molecule has 0 radical (unpaired) electrons. The molecule has 1 aromatic carbocycles. The zero-order valence-corrected chi connectivity index (χ0v) is 12.2. The predicted octanol–water partition coefficient (Wildman–Crippen LogP) is 4.49. The van der Waals surface area contributed by atoms with E-state index in [2.05, 4.69) is 15.9 Å². The highest BCUT2D eigenvalue weighted by Gasteiger charge is 2.24. The molecule has 1 N–H and O–H groups in total. The van der Waals surface area contributed by atoms with E-state index in [0.717, 1.165) is 4.88 Å². The average molecular weight is 333 g/mol. The van der Waals surface area contributed by atoms with Crippen LogP contribution in [0.4, 0.5) is 8.78 Å². The van der Waals surface area contributed by atoms with E-state index in [4.69, 9.17) is 0 Å². The van der Waals surface area contributed by atoms with Crippen LogP contribution in [0.1, 0.15) is 27.0 Å². The van der Waals surface area contributed by atoms with E-state index < -0.39 is 17.7 Å². The molecule has 0 bridgehead atoms. The van der Waals surface area contributed by atoms with Crippen LogP contribution in [-0.2, 0) is 0 Å². The lowest BCUT2D eigenvalue weighted by atomic mass is 10.0. The van der Waals surface area contributed by atoms with Gasteiger partial charge in [0, 0.05) is 9.35 Å². The number of thiophene rings is 1. The van der Waals surface area contributed by atoms with Crippen LogP contribution < -0.4 is 0 Å². The van der Waals surface area contributed by atoms with Gasteiger partial charge in [0.2, 0.25) is 0 Å².